The van der Waals surface area contributed by atoms with Gasteiger partial charge in [0.25, 0.3) is 0 Å². The molecule has 1 N–H and O–H groups in total. The van der Waals surface area contributed by atoms with Crippen molar-refractivity contribution < 1.29 is 4.74 Å². The van der Waals surface area contributed by atoms with E-state index in [0.717, 1.165) is 38.6 Å². The predicted octanol–water partition coefficient (Wildman–Crippen LogP) is 1.58. The molecule has 0 heterocycles. The summed E-state index contributed by atoms with van der Waals surface area (Å²) in [5.41, 5.74) is 0. The van der Waals surface area contributed by atoms with Crippen molar-refractivity contribution in [3.63, 3.8) is 0 Å². The Bertz CT molecular complexity index is 121. The maximum Gasteiger partial charge on any atom is 0.0494 e. The Morgan fingerprint density at radius 3 is 3.00 bits per heavy atom. The Morgan fingerprint density at radius 1 is 1.50 bits per heavy atom. The van der Waals surface area contributed by atoms with E-state index >= 15 is 0 Å². The highest BCUT2D eigenvalue weighted by atomic mass is 16.5. The van der Waals surface area contributed by atoms with Crippen molar-refractivity contribution in [3.05, 3.63) is 12.7 Å². The molecule has 0 atom stereocenters. The molecule has 0 aromatic heterocycles. The third-order valence-electron chi connectivity index (χ3n) is 1.98. The summed E-state index contributed by atoms with van der Waals surface area (Å²) in [6, 6.07) is 0. The van der Waals surface area contributed by atoms with Gasteiger partial charge in [0.1, 0.15) is 0 Å². The van der Waals surface area contributed by atoms with Gasteiger partial charge in [-0.05, 0) is 31.7 Å². The Hall–Kier alpha value is -0.340. The van der Waals surface area contributed by atoms with Crippen molar-refractivity contribution in [1.29, 1.82) is 0 Å². The fourth-order valence-corrected chi connectivity index (χ4v) is 1.04. The smallest absolute Gasteiger partial charge is 0.0494 e. The SMILES string of the molecule is C=CCNCCCOCC1CC1. The number of hydrogen-bond acceptors (Lipinski definition) is 2. The number of ether oxygens (including phenoxy) is 1. The zero-order valence-electron chi connectivity index (χ0n) is 7.72. The molecule has 0 unspecified atom stereocenters. The Labute approximate surface area is 75.0 Å². The fraction of sp³-hybridized carbons (Fsp3) is 0.800. The van der Waals surface area contributed by atoms with Crippen LogP contribution in [0.3, 0.4) is 0 Å². The molecule has 0 spiro atoms. The second-order valence-electron chi connectivity index (χ2n) is 3.36. The minimum atomic E-state index is 0.895. The topological polar surface area (TPSA) is 21.3 Å². The molecular weight excluding hydrogens is 150 g/mol. The van der Waals surface area contributed by atoms with Gasteiger partial charge in [0.15, 0.2) is 0 Å². The molecule has 0 aliphatic heterocycles. The zero-order chi connectivity index (χ0) is 8.65. The van der Waals surface area contributed by atoms with Gasteiger partial charge in [-0.2, -0.15) is 0 Å². The molecule has 0 bridgehead atoms. The molecule has 2 nitrogen and oxygen atoms in total. The van der Waals surface area contributed by atoms with E-state index in [1.165, 1.54) is 12.8 Å². The highest BCUT2D eigenvalue weighted by Gasteiger charge is 2.20. The minimum absolute atomic E-state index is 0.895. The van der Waals surface area contributed by atoms with Gasteiger partial charge < -0.3 is 10.1 Å². The first-order valence-corrected chi connectivity index (χ1v) is 4.83. The number of hydrogen-bond donors (Lipinski definition) is 1. The van der Waals surface area contributed by atoms with Crippen LogP contribution in [0.15, 0.2) is 12.7 Å². The molecule has 0 saturated heterocycles. The summed E-state index contributed by atoms with van der Waals surface area (Å²) < 4.78 is 5.47. The van der Waals surface area contributed by atoms with E-state index in [2.05, 4.69) is 11.9 Å². The van der Waals surface area contributed by atoms with Crippen LogP contribution in [0, 0.1) is 5.92 Å². The number of nitrogens with one attached hydrogen (secondary N) is 1. The van der Waals surface area contributed by atoms with Crippen molar-refractivity contribution >= 4 is 0 Å². The van der Waals surface area contributed by atoms with Crippen molar-refractivity contribution in [1.82, 2.24) is 5.32 Å². The summed E-state index contributed by atoms with van der Waals surface area (Å²) in [4.78, 5) is 0. The summed E-state index contributed by atoms with van der Waals surface area (Å²) in [7, 11) is 0. The van der Waals surface area contributed by atoms with Crippen LogP contribution >= 0.6 is 0 Å². The van der Waals surface area contributed by atoms with E-state index in [1.54, 1.807) is 0 Å². The lowest BCUT2D eigenvalue weighted by atomic mass is 10.4. The summed E-state index contributed by atoms with van der Waals surface area (Å²) in [6.07, 6.45) is 5.76. The van der Waals surface area contributed by atoms with Crippen molar-refractivity contribution in [2.75, 3.05) is 26.3 Å². The highest BCUT2D eigenvalue weighted by molar-refractivity contribution is 4.72. The molecule has 0 aromatic carbocycles. The van der Waals surface area contributed by atoms with E-state index in [9.17, 15) is 0 Å². The van der Waals surface area contributed by atoms with Crippen LogP contribution in [0.5, 0.6) is 0 Å². The van der Waals surface area contributed by atoms with Gasteiger partial charge in [-0.15, -0.1) is 6.58 Å². The van der Waals surface area contributed by atoms with Crippen LogP contribution in [0.1, 0.15) is 19.3 Å². The molecule has 12 heavy (non-hydrogen) atoms. The summed E-state index contributed by atoms with van der Waals surface area (Å²) in [6.45, 7) is 7.47. The lowest BCUT2D eigenvalue weighted by Crippen LogP contribution is -2.16. The first-order chi connectivity index (χ1) is 5.93. The average Bonchev–Trinajstić information content (AvgIpc) is 2.87. The first kappa shape index (κ1) is 9.75. The van der Waals surface area contributed by atoms with Gasteiger partial charge in [0, 0.05) is 19.8 Å². The molecule has 1 saturated carbocycles. The lowest BCUT2D eigenvalue weighted by Gasteiger charge is -2.02. The van der Waals surface area contributed by atoms with Gasteiger partial charge >= 0.3 is 0 Å². The van der Waals surface area contributed by atoms with Crippen LogP contribution in [-0.4, -0.2) is 26.3 Å². The van der Waals surface area contributed by atoms with Crippen molar-refractivity contribution in [2.45, 2.75) is 19.3 Å². The molecule has 1 aliphatic rings. The van der Waals surface area contributed by atoms with Gasteiger partial charge in [0.05, 0.1) is 0 Å². The predicted molar refractivity (Wildman–Crippen MR) is 51.2 cm³/mol. The molecule has 0 aromatic rings. The second-order valence-corrected chi connectivity index (χ2v) is 3.36. The summed E-state index contributed by atoms with van der Waals surface area (Å²) in [5, 5.41) is 3.24. The van der Waals surface area contributed by atoms with Gasteiger partial charge in [-0.3, -0.25) is 0 Å². The van der Waals surface area contributed by atoms with Crippen molar-refractivity contribution in [2.24, 2.45) is 5.92 Å². The Kier molecular flexibility index (Phi) is 5.04. The van der Waals surface area contributed by atoms with Crippen molar-refractivity contribution in [3.8, 4) is 0 Å². The molecule has 0 amide bonds. The van der Waals surface area contributed by atoms with Crippen LogP contribution in [0.25, 0.3) is 0 Å². The van der Waals surface area contributed by atoms with Gasteiger partial charge in [-0.1, -0.05) is 6.08 Å². The second kappa shape index (κ2) is 6.21. The third kappa shape index (κ3) is 5.33. The maximum atomic E-state index is 5.47. The van der Waals surface area contributed by atoms with Crippen LogP contribution < -0.4 is 5.32 Å². The highest BCUT2D eigenvalue weighted by Crippen LogP contribution is 2.28. The molecule has 70 valence electrons. The largest absolute Gasteiger partial charge is 0.381 e. The van der Waals surface area contributed by atoms with Crippen LogP contribution in [-0.2, 0) is 4.74 Å². The van der Waals surface area contributed by atoms with E-state index in [-0.39, 0.29) is 0 Å². The molecule has 1 fully saturated rings. The van der Waals surface area contributed by atoms with E-state index in [4.69, 9.17) is 4.74 Å². The normalized spacial score (nSPS) is 16.3. The molecular formula is C10H19NO. The Balaban J connectivity index is 1.67. The lowest BCUT2D eigenvalue weighted by molar-refractivity contribution is 0.122. The van der Waals surface area contributed by atoms with E-state index < -0.39 is 0 Å². The van der Waals surface area contributed by atoms with E-state index in [1.807, 2.05) is 6.08 Å². The van der Waals surface area contributed by atoms with E-state index in [0.29, 0.717) is 0 Å². The Morgan fingerprint density at radius 2 is 2.33 bits per heavy atom. The third-order valence-corrected chi connectivity index (χ3v) is 1.98. The first-order valence-electron chi connectivity index (χ1n) is 4.83. The quantitative estimate of drug-likeness (QED) is 0.440. The minimum Gasteiger partial charge on any atom is -0.381 e. The van der Waals surface area contributed by atoms with Crippen LogP contribution in [0.2, 0.25) is 0 Å². The van der Waals surface area contributed by atoms with Gasteiger partial charge in [0.2, 0.25) is 0 Å². The molecule has 1 aliphatic carbocycles. The van der Waals surface area contributed by atoms with Gasteiger partial charge in [-0.25, -0.2) is 0 Å². The standard InChI is InChI=1S/C10H19NO/c1-2-6-11-7-3-8-12-9-10-4-5-10/h2,10-11H,1,3-9H2. The maximum absolute atomic E-state index is 5.47. The summed E-state index contributed by atoms with van der Waals surface area (Å²) >= 11 is 0. The molecule has 2 heteroatoms. The van der Waals surface area contributed by atoms with Crippen LogP contribution in [0.4, 0.5) is 0 Å². The zero-order valence-corrected chi connectivity index (χ0v) is 7.72. The summed E-state index contributed by atoms with van der Waals surface area (Å²) in [5.74, 6) is 0.895. The fourth-order valence-electron chi connectivity index (χ4n) is 1.04. The molecule has 0 radical (unpaired) electrons. The molecule has 1 rings (SSSR count). The average molecular weight is 169 g/mol. The monoisotopic (exact) mass is 169 g/mol. The number of rotatable bonds is 8.